The van der Waals surface area contributed by atoms with Crippen molar-refractivity contribution in [3.05, 3.63) is 9.66 Å². The fourth-order valence-corrected chi connectivity index (χ4v) is 1.95. The van der Waals surface area contributed by atoms with Crippen molar-refractivity contribution in [3.8, 4) is 0 Å². The van der Waals surface area contributed by atoms with Crippen LogP contribution in [0.5, 0.6) is 0 Å². The molecule has 0 spiro atoms. The molecule has 0 aromatic rings. The molecule has 0 amide bonds. The van der Waals surface area contributed by atoms with Crippen LogP contribution in [-0.4, -0.2) is 0 Å². The molecule has 0 aliphatic carbocycles. The average Bonchev–Trinajstić information content (AvgIpc) is 2.20. The van der Waals surface area contributed by atoms with Gasteiger partial charge in [0.1, 0.15) is 0 Å². The standard InChI is InChI=1S/C15H29I/c1-5-6-7-8-9-10-11-12-13-14(16)15(2,3)4/h13H,5-12H2,1-4H3. The van der Waals surface area contributed by atoms with Crippen LogP contribution in [0.25, 0.3) is 0 Å². The molecule has 0 N–H and O–H groups in total. The molecule has 0 aliphatic heterocycles. The van der Waals surface area contributed by atoms with Gasteiger partial charge in [-0.25, -0.2) is 0 Å². The summed E-state index contributed by atoms with van der Waals surface area (Å²) in [6.45, 7) is 9.14. The molecular weight excluding hydrogens is 307 g/mol. The molecule has 0 atom stereocenters. The van der Waals surface area contributed by atoms with Crippen LogP contribution in [0.3, 0.4) is 0 Å². The van der Waals surface area contributed by atoms with Crippen molar-refractivity contribution in [1.29, 1.82) is 0 Å². The van der Waals surface area contributed by atoms with Crippen molar-refractivity contribution in [3.63, 3.8) is 0 Å². The fourth-order valence-electron chi connectivity index (χ4n) is 1.64. The van der Waals surface area contributed by atoms with E-state index in [0.717, 1.165) is 0 Å². The first-order valence-electron chi connectivity index (χ1n) is 6.84. The van der Waals surface area contributed by atoms with Gasteiger partial charge in [-0.3, -0.25) is 0 Å². The van der Waals surface area contributed by atoms with Crippen LogP contribution in [0.2, 0.25) is 0 Å². The van der Waals surface area contributed by atoms with Crippen molar-refractivity contribution in [2.75, 3.05) is 0 Å². The van der Waals surface area contributed by atoms with Gasteiger partial charge in [0, 0.05) is 0 Å². The topological polar surface area (TPSA) is 0 Å². The average molecular weight is 336 g/mol. The minimum absolute atomic E-state index is 0.349. The minimum atomic E-state index is 0.349. The molecule has 0 rings (SSSR count). The van der Waals surface area contributed by atoms with Gasteiger partial charge in [0.25, 0.3) is 0 Å². The summed E-state index contributed by atoms with van der Waals surface area (Å²) in [6.07, 6.45) is 13.5. The highest BCUT2D eigenvalue weighted by Gasteiger charge is 2.12. The first-order chi connectivity index (χ1) is 7.48. The van der Waals surface area contributed by atoms with Crippen LogP contribution >= 0.6 is 22.6 Å². The zero-order chi connectivity index (χ0) is 12.4. The Bertz CT molecular complexity index is 186. The summed E-state index contributed by atoms with van der Waals surface area (Å²) in [6, 6.07) is 0. The molecule has 0 saturated heterocycles. The number of unbranched alkanes of at least 4 members (excludes halogenated alkanes) is 7. The molecule has 96 valence electrons. The second-order valence-corrected chi connectivity index (χ2v) is 6.87. The van der Waals surface area contributed by atoms with Crippen molar-refractivity contribution in [2.24, 2.45) is 5.41 Å². The Morgan fingerprint density at radius 2 is 1.44 bits per heavy atom. The first kappa shape index (κ1) is 16.5. The zero-order valence-corrected chi connectivity index (χ0v) is 13.8. The third-order valence-electron chi connectivity index (χ3n) is 2.85. The Hall–Kier alpha value is 0.470. The Kier molecular flexibility index (Phi) is 9.77. The summed E-state index contributed by atoms with van der Waals surface area (Å²) in [7, 11) is 0. The van der Waals surface area contributed by atoms with Crippen LogP contribution in [0.4, 0.5) is 0 Å². The largest absolute Gasteiger partial charge is 0.0747 e. The van der Waals surface area contributed by atoms with E-state index in [9.17, 15) is 0 Å². The van der Waals surface area contributed by atoms with E-state index >= 15 is 0 Å². The van der Waals surface area contributed by atoms with E-state index < -0.39 is 0 Å². The number of allylic oxidation sites excluding steroid dienone is 2. The molecule has 0 heterocycles. The molecule has 0 aromatic heterocycles. The SMILES string of the molecule is CCCCCCCCCC=C(I)C(C)(C)C. The van der Waals surface area contributed by atoms with E-state index in [-0.39, 0.29) is 0 Å². The molecule has 0 bridgehead atoms. The second-order valence-electron chi connectivity index (χ2n) is 5.71. The monoisotopic (exact) mass is 336 g/mol. The second kappa shape index (κ2) is 9.49. The van der Waals surface area contributed by atoms with Gasteiger partial charge in [0.05, 0.1) is 0 Å². The van der Waals surface area contributed by atoms with Crippen molar-refractivity contribution < 1.29 is 0 Å². The van der Waals surface area contributed by atoms with Crippen LogP contribution in [0.15, 0.2) is 9.66 Å². The van der Waals surface area contributed by atoms with Gasteiger partial charge in [-0.1, -0.05) is 72.3 Å². The normalized spacial score (nSPS) is 13.2. The lowest BCUT2D eigenvalue weighted by Gasteiger charge is -2.17. The van der Waals surface area contributed by atoms with Gasteiger partial charge < -0.3 is 0 Å². The molecule has 0 saturated carbocycles. The molecular formula is C15H29I. The number of hydrogen-bond donors (Lipinski definition) is 0. The molecule has 0 fully saturated rings. The maximum atomic E-state index is 2.49. The third kappa shape index (κ3) is 9.68. The third-order valence-corrected chi connectivity index (χ3v) is 4.91. The summed E-state index contributed by atoms with van der Waals surface area (Å²) in [4.78, 5) is 0. The zero-order valence-electron chi connectivity index (χ0n) is 11.6. The van der Waals surface area contributed by atoms with Crippen LogP contribution in [-0.2, 0) is 0 Å². The molecule has 0 radical (unpaired) electrons. The Morgan fingerprint density at radius 1 is 0.938 bits per heavy atom. The van der Waals surface area contributed by atoms with Crippen LogP contribution in [0.1, 0.15) is 79.1 Å². The number of rotatable bonds is 8. The summed E-state index contributed by atoms with van der Waals surface area (Å²) >= 11 is 2.49. The van der Waals surface area contributed by atoms with Gasteiger partial charge in [-0.15, -0.1) is 0 Å². The predicted octanol–water partition coefficient (Wildman–Crippen LogP) is 6.49. The molecule has 1 heteroatoms. The first-order valence-corrected chi connectivity index (χ1v) is 7.92. The minimum Gasteiger partial charge on any atom is -0.0747 e. The fraction of sp³-hybridized carbons (Fsp3) is 0.867. The van der Waals surface area contributed by atoms with Crippen LogP contribution < -0.4 is 0 Å². The lowest BCUT2D eigenvalue weighted by atomic mass is 9.95. The predicted molar refractivity (Wildman–Crippen MR) is 84.2 cm³/mol. The molecule has 16 heavy (non-hydrogen) atoms. The molecule has 0 unspecified atom stereocenters. The van der Waals surface area contributed by atoms with Gasteiger partial charge >= 0.3 is 0 Å². The smallest absolute Gasteiger partial charge is 0.00771 e. The molecule has 0 aliphatic rings. The number of halogens is 1. The summed E-state index contributed by atoms with van der Waals surface area (Å²) in [5.41, 5.74) is 0.349. The summed E-state index contributed by atoms with van der Waals surface area (Å²) < 4.78 is 1.51. The van der Waals surface area contributed by atoms with Crippen molar-refractivity contribution >= 4 is 22.6 Å². The Labute approximate surface area is 116 Å². The van der Waals surface area contributed by atoms with E-state index in [1.165, 1.54) is 54.9 Å². The summed E-state index contributed by atoms with van der Waals surface area (Å²) in [5.74, 6) is 0. The van der Waals surface area contributed by atoms with Crippen molar-refractivity contribution in [2.45, 2.75) is 79.1 Å². The van der Waals surface area contributed by atoms with Gasteiger partial charge in [-0.2, -0.15) is 0 Å². The maximum Gasteiger partial charge on any atom is -0.00771 e. The summed E-state index contributed by atoms with van der Waals surface area (Å²) in [5, 5.41) is 0. The number of hydrogen-bond acceptors (Lipinski definition) is 0. The maximum absolute atomic E-state index is 2.49. The van der Waals surface area contributed by atoms with Gasteiger partial charge in [0.15, 0.2) is 0 Å². The Balaban J connectivity index is 3.40. The van der Waals surface area contributed by atoms with E-state index in [1.807, 2.05) is 0 Å². The van der Waals surface area contributed by atoms with E-state index in [1.54, 1.807) is 0 Å². The van der Waals surface area contributed by atoms with Crippen LogP contribution in [0, 0.1) is 5.41 Å². The Morgan fingerprint density at radius 3 is 1.94 bits per heavy atom. The lowest BCUT2D eigenvalue weighted by molar-refractivity contribution is 0.534. The lowest BCUT2D eigenvalue weighted by Crippen LogP contribution is -2.03. The van der Waals surface area contributed by atoms with E-state index in [0.29, 0.717) is 5.41 Å². The van der Waals surface area contributed by atoms with Crippen molar-refractivity contribution in [1.82, 2.24) is 0 Å². The highest BCUT2D eigenvalue weighted by molar-refractivity contribution is 14.1. The van der Waals surface area contributed by atoms with E-state index in [2.05, 4.69) is 56.4 Å². The van der Waals surface area contributed by atoms with Gasteiger partial charge in [-0.05, 0) is 44.4 Å². The van der Waals surface area contributed by atoms with Gasteiger partial charge in [0.2, 0.25) is 0 Å². The quantitative estimate of drug-likeness (QED) is 0.351. The highest BCUT2D eigenvalue weighted by atomic mass is 127. The van der Waals surface area contributed by atoms with E-state index in [4.69, 9.17) is 0 Å². The highest BCUT2D eigenvalue weighted by Crippen LogP contribution is 2.31. The molecule has 0 aromatic carbocycles. The molecule has 0 nitrogen and oxygen atoms in total.